The van der Waals surface area contributed by atoms with Gasteiger partial charge in [-0.05, 0) is 31.5 Å². The summed E-state index contributed by atoms with van der Waals surface area (Å²) in [4.78, 5) is 18.6. The van der Waals surface area contributed by atoms with Gasteiger partial charge in [0.15, 0.2) is 0 Å². The number of amides is 1. The molecule has 0 aromatic heterocycles. The number of nitrogens with zero attached hydrogens (tertiary/aromatic N) is 4. The molecule has 0 atom stereocenters. The number of likely N-dealkylation sites (N-methyl/N-ethyl adjacent to an activating group) is 1. The van der Waals surface area contributed by atoms with Crippen molar-refractivity contribution in [2.45, 2.75) is 26.4 Å². The summed E-state index contributed by atoms with van der Waals surface area (Å²) in [7, 11) is 1.87. The van der Waals surface area contributed by atoms with E-state index >= 15 is 0 Å². The summed E-state index contributed by atoms with van der Waals surface area (Å²) >= 11 is 0. The van der Waals surface area contributed by atoms with Crippen molar-refractivity contribution in [2.24, 2.45) is 0 Å². The van der Waals surface area contributed by atoms with Gasteiger partial charge in [0.2, 0.25) is 5.91 Å². The summed E-state index contributed by atoms with van der Waals surface area (Å²) in [5, 5.41) is 8.83. The van der Waals surface area contributed by atoms with Crippen LogP contribution in [-0.2, 0) is 11.3 Å². The summed E-state index contributed by atoms with van der Waals surface area (Å²) in [5.41, 5.74) is 1.93. The van der Waals surface area contributed by atoms with Gasteiger partial charge in [-0.15, -0.1) is 0 Å². The van der Waals surface area contributed by atoms with E-state index in [1.54, 1.807) is 0 Å². The quantitative estimate of drug-likeness (QED) is 0.827. The molecule has 0 spiro atoms. The summed E-state index contributed by atoms with van der Waals surface area (Å²) in [6, 6.07) is 10.2. The minimum Gasteiger partial charge on any atom is -0.342 e. The highest BCUT2D eigenvalue weighted by Crippen LogP contribution is 2.10. The first kappa shape index (κ1) is 17.5. The Kier molecular flexibility index (Phi) is 6.14. The highest BCUT2D eigenvalue weighted by atomic mass is 16.2. The Morgan fingerprint density at radius 3 is 2.26 bits per heavy atom. The molecule has 0 saturated carbocycles. The highest BCUT2D eigenvalue weighted by molar-refractivity contribution is 5.78. The van der Waals surface area contributed by atoms with Gasteiger partial charge in [0.05, 0.1) is 18.2 Å². The minimum atomic E-state index is 0.195. The Morgan fingerprint density at radius 2 is 1.74 bits per heavy atom. The lowest BCUT2D eigenvalue weighted by atomic mass is 10.1. The van der Waals surface area contributed by atoms with Crippen molar-refractivity contribution in [3.8, 4) is 6.07 Å². The van der Waals surface area contributed by atoms with Crippen molar-refractivity contribution in [3.05, 3.63) is 35.4 Å². The van der Waals surface area contributed by atoms with E-state index in [4.69, 9.17) is 5.26 Å². The maximum Gasteiger partial charge on any atom is 0.236 e. The highest BCUT2D eigenvalue weighted by Gasteiger charge is 2.21. The van der Waals surface area contributed by atoms with E-state index in [1.165, 1.54) is 5.56 Å². The van der Waals surface area contributed by atoms with Crippen LogP contribution in [-0.4, -0.2) is 66.4 Å². The van der Waals surface area contributed by atoms with Gasteiger partial charge in [0.25, 0.3) is 0 Å². The molecule has 1 aromatic carbocycles. The largest absolute Gasteiger partial charge is 0.342 e. The van der Waals surface area contributed by atoms with Gasteiger partial charge >= 0.3 is 0 Å². The number of rotatable bonds is 5. The van der Waals surface area contributed by atoms with Crippen LogP contribution in [0.5, 0.6) is 0 Å². The Morgan fingerprint density at radius 1 is 1.17 bits per heavy atom. The predicted octanol–water partition coefficient (Wildman–Crippen LogP) is 1.54. The molecule has 0 bridgehead atoms. The molecule has 0 radical (unpaired) electrons. The first-order valence-corrected chi connectivity index (χ1v) is 8.19. The van der Waals surface area contributed by atoms with Gasteiger partial charge in [0, 0.05) is 45.8 Å². The molecule has 124 valence electrons. The normalized spacial score (nSPS) is 16.3. The molecule has 23 heavy (non-hydrogen) atoms. The van der Waals surface area contributed by atoms with Crippen LogP contribution in [0, 0.1) is 11.3 Å². The van der Waals surface area contributed by atoms with Crippen molar-refractivity contribution >= 4 is 5.91 Å². The molecule has 0 aliphatic carbocycles. The van der Waals surface area contributed by atoms with Crippen LogP contribution < -0.4 is 0 Å². The van der Waals surface area contributed by atoms with Crippen molar-refractivity contribution in [1.29, 1.82) is 5.26 Å². The molecular weight excluding hydrogens is 288 g/mol. The number of carbonyl (C=O) groups excluding carboxylic acids is 1. The number of piperazine rings is 1. The maximum atomic E-state index is 12.1. The SMILES string of the molecule is CC(C)N(C)C(=O)CN1CCN(Cc2ccc(C#N)cc2)CC1. The first-order valence-electron chi connectivity index (χ1n) is 8.19. The van der Waals surface area contributed by atoms with Crippen LogP contribution in [0.25, 0.3) is 0 Å². The van der Waals surface area contributed by atoms with E-state index in [9.17, 15) is 4.79 Å². The monoisotopic (exact) mass is 314 g/mol. The zero-order valence-corrected chi connectivity index (χ0v) is 14.3. The second kappa shape index (κ2) is 8.09. The second-order valence-corrected chi connectivity index (χ2v) is 6.46. The fraction of sp³-hybridized carbons (Fsp3) is 0.556. The van der Waals surface area contributed by atoms with Gasteiger partial charge in [-0.1, -0.05) is 12.1 Å². The second-order valence-electron chi connectivity index (χ2n) is 6.46. The van der Waals surface area contributed by atoms with Gasteiger partial charge < -0.3 is 4.90 Å². The van der Waals surface area contributed by atoms with Crippen LogP contribution in [0.2, 0.25) is 0 Å². The molecule has 1 saturated heterocycles. The zero-order chi connectivity index (χ0) is 16.8. The number of carbonyl (C=O) groups is 1. The molecule has 0 unspecified atom stereocenters. The number of nitriles is 1. The number of benzene rings is 1. The smallest absolute Gasteiger partial charge is 0.236 e. The minimum absolute atomic E-state index is 0.195. The van der Waals surface area contributed by atoms with Crippen molar-refractivity contribution < 1.29 is 4.79 Å². The fourth-order valence-electron chi connectivity index (χ4n) is 2.64. The molecule has 1 aliphatic rings. The molecule has 1 aromatic rings. The molecule has 0 N–H and O–H groups in total. The maximum absolute atomic E-state index is 12.1. The average Bonchev–Trinajstić information content (AvgIpc) is 2.56. The summed E-state index contributed by atoms with van der Waals surface area (Å²) in [6.45, 7) is 9.28. The number of hydrogen-bond donors (Lipinski definition) is 0. The lowest BCUT2D eigenvalue weighted by Crippen LogP contribution is -2.50. The van der Waals surface area contributed by atoms with E-state index < -0.39 is 0 Å². The molecule has 1 amide bonds. The van der Waals surface area contributed by atoms with Crippen LogP contribution in [0.1, 0.15) is 25.0 Å². The van der Waals surface area contributed by atoms with E-state index in [0.29, 0.717) is 12.1 Å². The molecular formula is C18H26N4O. The molecule has 1 aliphatic heterocycles. The van der Waals surface area contributed by atoms with Gasteiger partial charge in [-0.25, -0.2) is 0 Å². The average molecular weight is 314 g/mol. The fourth-order valence-corrected chi connectivity index (χ4v) is 2.64. The third-order valence-electron chi connectivity index (χ3n) is 4.48. The lowest BCUT2D eigenvalue weighted by molar-refractivity contribution is -0.133. The van der Waals surface area contributed by atoms with Crippen LogP contribution in [0.15, 0.2) is 24.3 Å². The van der Waals surface area contributed by atoms with Gasteiger partial charge in [0.1, 0.15) is 0 Å². The summed E-state index contributed by atoms with van der Waals surface area (Å²) in [6.07, 6.45) is 0. The van der Waals surface area contributed by atoms with E-state index in [0.717, 1.165) is 32.7 Å². The molecule has 2 rings (SSSR count). The van der Waals surface area contributed by atoms with Gasteiger partial charge in [-0.3, -0.25) is 14.6 Å². The van der Waals surface area contributed by atoms with Crippen molar-refractivity contribution in [1.82, 2.24) is 14.7 Å². The zero-order valence-electron chi connectivity index (χ0n) is 14.3. The van der Waals surface area contributed by atoms with Crippen LogP contribution >= 0.6 is 0 Å². The first-order chi connectivity index (χ1) is 11.0. The van der Waals surface area contributed by atoms with Crippen molar-refractivity contribution in [2.75, 3.05) is 39.8 Å². The molecule has 5 nitrogen and oxygen atoms in total. The lowest BCUT2D eigenvalue weighted by Gasteiger charge is -2.35. The van der Waals surface area contributed by atoms with E-state index in [2.05, 4.69) is 15.9 Å². The standard InChI is InChI=1S/C18H26N4O/c1-15(2)20(3)18(23)14-22-10-8-21(9-11-22)13-17-6-4-16(12-19)5-7-17/h4-7,15H,8-11,13-14H2,1-3H3. The van der Waals surface area contributed by atoms with E-state index in [1.807, 2.05) is 50.1 Å². The van der Waals surface area contributed by atoms with Crippen molar-refractivity contribution in [3.63, 3.8) is 0 Å². The third kappa shape index (κ3) is 5.05. The molecule has 1 heterocycles. The summed E-state index contributed by atoms with van der Waals surface area (Å²) < 4.78 is 0. The Balaban J connectivity index is 1.77. The molecule has 1 fully saturated rings. The van der Waals surface area contributed by atoms with Crippen LogP contribution in [0.3, 0.4) is 0 Å². The summed E-state index contributed by atoms with van der Waals surface area (Å²) in [5.74, 6) is 0.195. The van der Waals surface area contributed by atoms with E-state index in [-0.39, 0.29) is 11.9 Å². The Labute approximate surface area is 139 Å². The Hall–Kier alpha value is -1.90. The van der Waals surface area contributed by atoms with Gasteiger partial charge in [-0.2, -0.15) is 5.26 Å². The predicted molar refractivity (Wildman–Crippen MR) is 90.8 cm³/mol. The Bertz CT molecular complexity index is 553. The third-order valence-corrected chi connectivity index (χ3v) is 4.48. The number of hydrogen-bond acceptors (Lipinski definition) is 4. The topological polar surface area (TPSA) is 50.6 Å². The van der Waals surface area contributed by atoms with Crippen LogP contribution in [0.4, 0.5) is 0 Å². The molecule has 5 heteroatoms.